The first-order valence-corrected chi connectivity index (χ1v) is 15.0. The predicted molar refractivity (Wildman–Crippen MR) is 150 cm³/mol. The number of benzene rings is 3. The van der Waals surface area contributed by atoms with Crippen molar-refractivity contribution < 1.29 is 17.3 Å². The van der Waals surface area contributed by atoms with E-state index in [4.69, 9.17) is 0 Å². The molecule has 0 aliphatic heterocycles. The zero-order valence-electron chi connectivity index (χ0n) is 19.8. The Labute approximate surface area is 232 Å². The average molecular weight is 611 g/mol. The van der Waals surface area contributed by atoms with E-state index < -0.39 is 7.92 Å². The molecule has 0 saturated heterocycles. The number of halogens is 1. The number of aromatic nitrogens is 6. The molecule has 0 saturated carbocycles. The Morgan fingerprint density at radius 3 is 1.03 bits per heavy atom. The van der Waals surface area contributed by atoms with Crippen molar-refractivity contribution in [1.82, 2.24) is 29.1 Å². The minimum absolute atomic E-state index is 0.194. The van der Waals surface area contributed by atoms with Crippen LogP contribution >= 0.6 is 17.6 Å². The van der Waals surface area contributed by atoms with Crippen molar-refractivity contribution in [2.75, 3.05) is 0 Å². The fraction of sp³-hybridized carbons (Fsp3) is 0. The Hall–Kier alpha value is -3.30. The third-order valence-corrected chi connectivity index (χ3v) is 7.77. The van der Waals surface area contributed by atoms with Crippen LogP contribution in [0.25, 0.3) is 0 Å². The number of rotatable bonds is 6. The van der Waals surface area contributed by atoms with Gasteiger partial charge in [-0.25, -0.2) is 15.3 Å². The molecule has 3 aromatic carbocycles. The molecule has 0 atom stereocenters. The van der Waals surface area contributed by atoms with Crippen molar-refractivity contribution in [3.63, 3.8) is 0 Å². The van der Waals surface area contributed by atoms with Crippen LogP contribution in [-0.4, -0.2) is 36.2 Å². The average Bonchev–Trinajstić information content (AvgIpc) is 3.78. The summed E-state index contributed by atoms with van der Waals surface area (Å²) < 4.78 is 5.38. The molecular weight excluding hydrogens is 587 g/mol. The largest absolute Gasteiger partial charge is 0.425 e. The van der Waals surface area contributed by atoms with Gasteiger partial charge >= 0.3 is 27.0 Å². The van der Waals surface area contributed by atoms with Gasteiger partial charge in [-0.15, -0.1) is 0 Å². The monoisotopic (exact) mass is 611 g/mol. The maximum atomic E-state index is 4.57. The molecule has 185 valence electrons. The molecular formula is C27H24BClN6PRu. The van der Waals surface area contributed by atoms with Crippen LogP contribution in [-0.2, 0) is 17.3 Å². The number of nitrogens with zero attached hydrogens (tertiary/aromatic N) is 6. The summed E-state index contributed by atoms with van der Waals surface area (Å²) in [6.45, 7) is 0. The van der Waals surface area contributed by atoms with Gasteiger partial charge in [0.2, 0.25) is 0 Å². The van der Waals surface area contributed by atoms with Gasteiger partial charge in [-0.3, -0.25) is 0 Å². The maximum Gasteiger partial charge on any atom is 0.260 e. The molecule has 0 spiro atoms. The molecule has 6 rings (SSSR count). The van der Waals surface area contributed by atoms with Crippen molar-refractivity contribution in [2.24, 2.45) is 0 Å². The van der Waals surface area contributed by atoms with Crippen molar-refractivity contribution in [3.05, 3.63) is 146 Å². The van der Waals surface area contributed by atoms with Crippen molar-refractivity contribution in [3.8, 4) is 0 Å². The normalized spacial score (nSPS) is 10.4. The first-order chi connectivity index (χ1) is 18.4. The van der Waals surface area contributed by atoms with E-state index in [2.05, 4.69) is 116 Å². The Morgan fingerprint density at radius 1 is 0.486 bits per heavy atom. The van der Waals surface area contributed by atoms with Crippen LogP contribution in [0.15, 0.2) is 146 Å². The van der Waals surface area contributed by atoms with E-state index in [9.17, 15) is 0 Å². The van der Waals surface area contributed by atoms with E-state index in [0.717, 1.165) is 0 Å². The summed E-state index contributed by atoms with van der Waals surface area (Å²) in [5.41, 5.74) is 0. The molecule has 0 amide bonds. The molecule has 3 aromatic heterocycles. The van der Waals surface area contributed by atoms with Gasteiger partial charge in [0.1, 0.15) is 0 Å². The van der Waals surface area contributed by atoms with Crippen LogP contribution in [0.2, 0.25) is 0 Å². The van der Waals surface area contributed by atoms with Gasteiger partial charge in [0, 0.05) is 18.6 Å². The smallest absolute Gasteiger partial charge is 0.260 e. The molecule has 0 N–H and O–H groups in total. The molecule has 0 bridgehead atoms. The van der Waals surface area contributed by atoms with Crippen LogP contribution in [0, 0.1) is 0 Å². The van der Waals surface area contributed by atoms with E-state index in [1.807, 2.05) is 54.1 Å². The Morgan fingerprint density at radius 2 is 0.784 bits per heavy atom. The summed E-state index contributed by atoms with van der Waals surface area (Å²) in [4.78, 5) is 0. The van der Waals surface area contributed by atoms with Crippen LogP contribution in [0.1, 0.15) is 0 Å². The van der Waals surface area contributed by atoms with Gasteiger partial charge in [-0.1, -0.05) is 91.0 Å². The molecule has 37 heavy (non-hydrogen) atoms. The predicted octanol–water partition coefficient (Wildman–Crippen LogP) is 4.34. The summed E-state index contributed by atoms with van der Waals surface area (Å²) >= 11 is 1.82. The summed E-state index contributed by atoms with van der Waals surface area (Å²) in [5.74, 6) is 0. The molecule has 0 fully saturated rings. The fourth-order valence-corrected chi connectivity index (χ4v) is 6.10. The quantitative estimate of drug-likeness (QED) is 0.208. The molecule has 3 heterocycles. The Kier molecular flexibility index (Phi) is 10.4. The number of hydrogen-bond donors (Lipinski definition) is 0. The molecule has 0 aliphatic rings. The molecule has 6 nitrogen and oxygen atoms in total. The first kappa shape index (κ1) is 26.8. The van der Waals surface area contributed by atoms with Crippen LogP contribution in [0.4, 0.5) is 0 Å². The second kappa shape index (κ2) is 14.4. The first-order valence-electron chi connectivity index (χ1n) is 11.5. The van der Waals surface area contributed by atoms with Crippen LogP contribution < -0.4 is 15.9 Å². The van der Waals surface area contributed by atoms with Crippen molar-refractivity contribution in [1.29, 1.82) is 0 Å². The zero-order chi connectivity index (χ0) is 25.7. The van der Waals surface area contributed by atoms with Gasteiger partial charge < -0.3 is 13.8 Å². The Bertz CT molecular complexity index is 1210. The summed E-state index contributed by atoms with van der Waals surface area (Å²) in [6.07, 6.45) is 10.9. The second-order valence-electron chi connectivity index (χ2n) is 7.65. The standard InChI is InChI=1S/C18H15P.C9H9BN6.ClH.Ru/c1-4-10-16(11-5-1)19(17-12-6-2-7-13-17)18-14-8-3-9-15-18;1-4-11-14(7-1)10(15-8-2-5-12-15)16-9-3-6-13-16;;/h1-15H;1-9H;1H;/q;-1;;+2/p-1. The SMILES string of the molecule is [Cl][Ru+].c1ccc(P(c2ccccc2)c2ccccc2)cc1.c1cnn([B-](n2cccn2)n2cccn2)c1. The topological polar surface area (TPSA) is 53.5 Å². The van der Waals surface area contributed by atoms with Gasteiger partial charge in [0.05, 0.1) is 0 Å². The zero-order valence-corrected chi connectivity index (χ0v) is 23.2. The molecule has 0 aliphatic carbocycles. The van der Waals surface area contributed by atoms with E-state index in [-0.39, 0.29) is 7.12 Å². The fourth-order valence-electron chi connectivity index (χ4n) is 3.79. The van der Waals surface area contributed by atoms with Gasteiger partial charge in [-0.2, -0.15) is 0 Å². The maximum absolute atomic E-state index is 4.57. The van der Waals surface area contributed by atoms with Crippen molar-refractivity contribution >= 4 is 40.6 Å². The second-order valence-corrected chi connectivity index (χ2v) is 9.87. The molecule has 6 aromatic rings. The minimum atomic E-state index is -0.446. The third-order valence-electron chi connectivity index (χ3n) is 5.33. The summed E-state index contributed by atoms with van der Waals surface area (Å²) in [7, 11) is 3.93. The summed E-state index contributed by atoms with van der Waals surface area (Å²) in [5, 5.41) is 16.9. The van der Waals surface area contributed by atoms with E-state index in [1.54, 1.807) is 32.4 Å². The van der Waals surface area contributed by atoms with Crippen LogP contribution in [0.3, 0.4) is 0 Å². The van der Waals surface area contributed by atoms with Crippen molar-refractivity contribution in [2.45, 2.75) is 0 Å². The number of hydrogen-bond acceptors (Lipinski definition) is 3. The van der Waals surface area contributed by atoms with E-state index in [0.29, 0.717) is 0 Å². The molecule has 10 heteroatoms. The summed E-state index contributed by atoms with van der Waals surface area (Å²) in [6, 6.07) is 38.0. The minimum Gasteiger partial charge on any atom is -0.425 e. The van der Waals surface area contributed by atoms with Gasteiger partial charge in [-0.05, 0) is 60.6 Å². The van der Waals surface area contributed by atoms with Gasteiger partial charge in [0.25, 0.3) is 7.12 Å². The van der Waals surface area contributed by atoms with Gasteiger partial charge in [0.15, 0.2) is 0 Å². The third kappa shape index (κ3) is 7.14. The van der Waals surface area contributed by atoms with E-state index >= 15 is 0 Å². The van der Waals surface area contributed by atoms with E-state index in [1.165, 1.54) is 15.9 Å². The van der Waals surface area contributed by atoms with Crippen LogP contribution in [0.5, 0.6) is 0 Å². The Balaban J connectivity index is 0.000000164. The molecule has 1 radical (unpaired) electrons. The molecule has 0 unspecified atom stereocenters.